The van der Waals surface area contributed by atoms with E-state index in [1.807, 2.05) is 18.2 Å². The lowest BCUT2D eigenvalue weighted by molar-refractivity contribution is -0.137. The predicted molar refractivity (Wildman–Crippen MR) is 157 cm³/mol. The number of anilines is 1. The van der Waals surface area contributed by atoms with Crippen molar-refractivity contribution in [1.29, 1.82) is 0 Å². The Hall–Kier alpha value is -3.17. The Kier molecular flexibility index (Phi) is 10.7. The Morgan fingerprint density at radius 3 is 2.33 bits per heavy atom. The maximum atomic E-state index is 14.7. The summed E-state index contributed by atoms with van der Waals surface area (Å²) in [5.41, 5.74) is -3.68. The highest BCUT2D eigenvalue weighted by Gasteiger charge is 2.54. The normalized spacial score (nSPS) is 18.2. The lowest BCUT2D eigenvalue weighted by Gasteiger charge is -2.26. The van der Waals surface area contributed by atoms with Gasteiger partial charge in [-0.25, -0.2) is 4.31 Å². The first-order valence-corrected chi connectivity index (χ1v) is 17.3. The minimum absolute atomic E-state index is 0.137. The Balaban J connectivity index is 1.67. The summed E-state index contributed by atoms with van der Waals surface area (Å²) < 4.78 is 57.5. The number of carbonyl (C=O) groups excluding carboxylic acids is 3. The van der Waals surface area contributed by atoms with Crippen LogP contribution in [0.3, 0.4) is 0 Å². The van der Waals surface area contributed by atoms with Crippen LogP contribution >= 0.6 is 15.0 Å². The number of nitrogens with one attached hydrogen (secondary N) is 1. The number of halogens is 2. The first kappa shape index (κ1) is 33.3. The number of rotatable bonds is 10. The number of carbonyl (C=O) groups is 3. The van der Waals surface area contributed by atoms with E-state index < -0.39 is 38.1 Å². The lowest BCUT2D eigenvalue weighted by Crippen LogP contribution is -2.50. The fourth-order valence-corrected chi connectivity index (χ4v) is 7.39. The van der Waals surface area contributed by atoms with Gasteiger partial charge in [-0.2, -0.15) is 8.78 Å². The van der Waals surface area contributed by atoms with Gasteiger partial charge in [0, 0.05) is 44.2 Å². The molecular formula is C28H35F2N3O7P2. The van der Waals surface area contributed by atoms with Gasteiger partial charge in [0.25, 0.3) is 0 Å². The van der Waals surface area contributed by atoms with Gasteiger partial charge in [0.15, 0.2) is 0 Å². The van der Waals surface area contributed by atoms with Gasteiger partial charge < -0.3 is 20.0 Å². The van der Waals surface area contributed by atoms with E-state index in [1.165, 1.54) is 28.0 Å². The molecule has 0 saturated carbocycles. The number of hydrogen-bond donors (Lipinski definition) is 2. The number of para-hydroxylation sites is 1. The van der Waals surface area contributed by atoms with Gasteiger partial charge in [-0.3, -0.25) is 23.5 Å². The van der Waals surface area contributed by atoms with Crippen molar-refractivity contribution >= 4 is 43.9 Å². The van der Waals surface area contributed by atoms with E-state index in [0.717, 1.165) is 25.5 Å². The van der Waals surface area contributed by atoms with Crippen LogP contribution in [-0.4, -0.2) is 67.0 Å². The largest absolute Gasteiger partial charge is 0.407 e. The molecular weight excluding hydrogens is 590 g/mol. The van der Waals surface area contributed by atoms with Gasteiger partial charge in [-0.1, -0.05) is 42.5 Å². The molecule has 0 spiro atoms. The van der Waals surface area contributed by atoms with E-state index in [1.54, 1.807) is 26.1 Å². The van der Waals surface area contributed by atoms with E-state index >= 15 is 0 Å². The number of benzene rings is 2. The number of nitrogens with zero attached hydrogens (tertiary/aromatic N) is 2. The number of hydrogen-bond acceptors (Lipinski definition) is 6. The maximum absolute atomic E-state index is 14.7. The van der Waals surface area contributed by atoms with Crippen LogP contribution < -0.4 is 10.2 Å². The van der Waals surface area contributed by atoms with E-state index in [0.29, 0.717) is 42.6 Å². The number of allylic oxidation sites excluding steroid dienone is 1. The summed E-state index contributed by atoms with van der Waals surface area (Å²) in [5, 5.41) is 2.69. The van der Waals surface area contributed by atoms with E-state index in [2.05, 4.69) is 9.63 Å². The van der Waals surface area contributed by atoms with Crippen molar-refractivity contribution in [1.82, 2.24) is 10.2 Å². The predicted octanol–water partition coefficient (Wildman–Crippen LogP) is 5.04. The molecule has 1 heterocycles. The minimum Gasteiger partial charge on any atom is -0.341 e. The van der Waals surface area contributed by atoms with Crippen LogP contribution in [0.25, 0.3) is 5.57 Å². The molecule has 2 aromatic carbocycles. The van der Waals surface area contributed by atoms with Gasteiger partial charge in [-0.05, 0) is 49.5 Å². The van der Waals surface area contributed by atoms with Crippen molar-refractivity contribution in [3.8, 4) is 0 Å². The van der Waals surface area contributed by atoms with Crippen LogP contribution in [0.4, 0.5) is 14.5 Å². The van der Waals surface area contributed by atoms with Crippen molar-refractivity contribution in [2.75, 3.05) is 38.4 Å². The molecule has 3 rings (SSSR count). The molecule has 0 bridgehead atoms. The third-order valence-electron chi connectivity index (χ3n) is 6.64. The molecule has 1 fully saturated rings. The molecule has 1 aliphatic rings. The summed E-state index contributed by atoms with van der Waals surface area (Å²) in [7, 11) is -7.66. The molecule has 42 heavy (non-hydrogen) atoms. The van der Waals surface area contributed by atoms with Gasteiger partial charge in [0.05, 0.1) is 0 Å². The number of likely N-dealkylation sites (tertiary alicyclic amines) is 1. The minimum atomic E-state index is -5.60. The third-order valence-corrected chi connectivity index (χ3v) is 10.1. The summed E-state index contributed by atoms with van der Waals surface area (Å²) in [6, 6.07) is 12.5. The molecule has 2 atom stereocenters. The molecule has 228 valence electrons. The molecule has 14 heteroatoms. The summed E-state index contributed by atoms with van der Waals surface area (Å²) in [4.78, 5) is 51.5. The van der Waals surface area contributed by atoms with Crippen LogP contribution in [0, 0.1) is 0 Å². The number of amides is 3. The molecule has 0 aromatic heterocycles. The number of likely N-dealkylation sites (N-methyl/N-ethyl adjacent to an activating group) is 1. The molecule has 2 N–H and O–H groups in total. The third kappa shape index (κ3) is 8.44. The summed E-state index contributed by atoms with van der Waals surface area (Å²) in [6.45, 7) is 3.72. The highest BCUT2D eigenvalue weighted by atomic mass is 31.3. The van der Waals surface area contributed by atoms with Gasteiger partial charge in [0.2, 0.25) is 25.1 Å². The highest BCUT2D eigenvalue weighted by molar-refractivity contribution is 7.68. The highest BCUT2D eigenvalue weighted by Crippen LogP contribution is 2.69. The summed E-state index contributed by atoms with van der Waals surface area (Å²) >= 11 is 0. The molecule has 2 aromatic rings. The van der Waals surface area contributed by atoms with Crippen molar-refractivity contribution in [2.24, 2.45) is 0 Å². The quantitative estimate of drug-likeness (QED) is 0.279. The Labute approximate surface area is 243 Å². The van der Waals surface area contributed by atoms with Crippen LogP contribution in [-0.2, 0) is 33.5 Å². The van der Waals surface area contributed by atoms with Crippen LogP contribution in [0.5, 0.6) is 0 Å². The first-order valence-electron chi connectivity index (χ1n) is 13.2. The van der Waals surface area contributed by atoms with Crippen molar-refractivity contribution in [3.05, 3.63) is 71.8 Å². The van der Waals surface area contributed by atoms with E-state index in [4.69, 9.17) is 0 Å². The van der Waals surface area contributed by atoms with Crippen LogP contribution in [0.15, 0.2) is 60.7 Å². The molecule has 3 amide bonds. The van der Waals surface area contributed by atoms with Crippen molar-refractivity contribution in [3.63, 3.8) is 0 Å². The summed E-state index contributed by atoms with van der Waals surface area (Å²) in [6.07, 6.45) is 2.95. The lowest BCUT2D eigenvalue weighted by atomic mass is 10.0. The average Bonchev–Trinajstić information content (AvgIpc) is 3.08. The SMILES string of the molecule is C/C(=C\C(=O)NC1CCCCN(CC(=O)N(C)c2ccccc2)C1=O)c1ccc(C(F)(F)P(=O)(O)OP(C)(C)=O)cc1. The first-order chi connectivity index (χ1) is 19.5. The zero-order valence-electron chi connectivity index (χ0n) is 23.8. The van der Waals surface area contributed by atoms with E-state index in [-0.39, 0.29) is 18.4 Å². The number of alkyl halides is 2. The molecule has 10 nitrogen and oxygen atoms in total. The fourth-order valence-electron chi connectivity index (χ4n) is 4.37. The smallest absolute Gasteiger partial charge is 0.341 e. The zero-order chi connectivity index (χ0) is 31.3. The monoisotopic (exact) mass is 625 g/mol. The fraction of sp³-hybridized carbons (Fsp3) is 0.393. The second-order valence-corrected chi connectivity index (χ2v) is 15.2. The van der Waals surface area contributed by atoms with Gasteiger partial charge >= 0.3 is 13.3 Å². The molecule has 0 aliphatic carbocycles. The Morgan fingerprint density at radius 2 is 1.74 bits per heavy atom. The van der Waals surface area contributed by atoms with Crippen molar-refractivity contribution < 1.29 is 41.5 Å². The molecule has 2 unspecified atom stereocenters. The topological polar surface area (TPSA) is 133 Å². The maximum Gasteiger partial charge on any atom is 0.407 e. The molecule has 1 aliphatic heterocycles. The average molecular weight is 626 g/mol. The molecule has 1 saturated heterocycles. The standard InChI is InChI=1S/C28H35F2N3O7P2/c1-20(21-13-15-22(16-14-21)28(29,30)42(38,39)40-41(3,4)37)18-25(34)31-24-12-8-9-17-33(27(24)36)19-26(35)32(2)23-10-6-5-7-11-23/h5-7,10-11,13-16,18,24H,8-9,12,17,19H2,1-4H3,(H,31,34)(H,38,39)/b20-18+. The van der Waals surface area contributed by atoms with Gasteiger partial charge in [0.1, 0.15) is 12.6 Å². The second kappa shape index (κ2) is 13.4. The molecule has 0 radical (unpaired) electrons. The second-order valence-electron chi connectivity index (χ2n) is 10.4. The summed E-state index contributed by atoms with van der Waals surface area (Å²) in [5.74, 6) is -1.22. The van der Waals surface area contributed by atoms with Crippen LogP contribution in [0.1, 0.15) is 37.3 Å². The Morgan fingerprint density at radius 1 is 1.12 bits per heavy atom. The van der Waals surface area contributed by atoms with E-state index in [9.17, 15) is 37.2 Å². The van der Waals surface area contributed by atoms with Crippen molar-refractivity contribution in [2.45, 2.75) is 37.9 Å². The van der Waals surface area contributed by atoms with Gasteiger partial charge in [-0.15, -0.1) is 0 Å². The van der Waals surface area contributed by atoms with Crippen LogP contribution in [0.2, 0.25) is 0 Å². The zero-order valence-corrected chi connectivity index (χ0v) is 25.6. The Bertz CT molecular complexity index is 1430.